The molecule has 1 aromatic carbocycles. The summed E-state index contributed by atoms with van der Waals surface area (Å²) in [5, 5.41) is 4.59. The van der Waals surface area contributed by atoms with E-state index in [0.29, 0.717) is 5.82 Å². The summed E-state index contributed by atoms with van der Waals surface area (Å²) in [7, 11) is 0. The Kier molecular flexibility index (Phi) is 3.09. The number of hydrogen-bond donors (Lipinski definition) is 0. The van der Waals surface area contributed by atoms with Crippen molar-refractivity contribution in [3.8, 4) is 11.4 Å². The molecule has 4 aromatic rings. The fraction of sp³-hybridized carbons (Fsp3) is 0.200. The van der Waals surface area contributed by atoms with Crippen LogP contribution in [0, 0.1) is 13.8 Å². The molecule has 0 fully saturated rings. The van der Waals surface area contributed by atoms with Crippen LogP contribution in [0.15, 0.2) is 36.7 Å². The van der Waals surface area contributed by atoms with Crippen molar-refractivity contribution in [2.45, 2.75) is 27.3 Å². The highest BCUT2D eigenvalue weighted by molar-refractivity contribution is 5.78. The molecule has 0 spiro atoms. The van der Waals surface area contributed by atoms with Crippen LogP contribution >= 0.6 is 0 Å². The SMILES string of the molecule is CC(=Cc1nc2c(C)ncc(C)n2n1)c1cn2c(n1)-c1ccccc1C2. The van der Waals surface area contributed by atoms with E-state index in [-0.39, 0.29) is 0 Å². The Morgan fingerprint density at radius 1 is 1.15 bits per heavy atom. The van der Waals surface area contributed by atoms with Crippen LogP contribution in [0.4, 0.5) is 0 Å². The first-order valence-corrected chi connectivity index (χ1v) is 8.63. The Morgan fingerprint density at radius 2 is 2.00 bits per heavy atom. The van der Waals surface area contributed by atoms with Crippen molar-refractivity contribution in [3.63, 3.8) is 0 Å². The summed E-state index contributed by atoms with van der Waals surface area (Å²) in [6, 6.07) is 8.42. The normalized spacial score (nSPS) is 13.3. The number of rotatable bonds is 2. The van der Waals surface area contributed by atoms with Crippen LogP contribution in [0.25, 0.3) is 28.7 Å². The highest BCUT2D eigenvalue weighted by Crippen LogP contribution is 2.32. The van der Waals surface area contributed by atoms with Gasteiger partial charge in [-0.05, 0) is 38.0 Å². The summed E-state index contributed by atoms with van der Waals surface area (Å²) in [5.74, 6) is 1.71. The lowest BCUT2D eigenvalue weighted by Crippen LogP contribution is -1.97. The van der Waals surface area contributed by atoms with Gasteiger partial charge in [-0.1, -0.05) is 24.3 Å². The largest absolute Gasteiger partial charge is 0.326 e. The zero-order valence-corrected chi connectivity index (χ0v) is 14.9. The van der Waals surface area contributed by atoms with E-state index in [9.17, 15) is 0 Å². The van der Waals surface area contributed by atoms with Gasteiger partial charge in [0, 0.05) is 24.5 Å². The second-order valence-corrected chi connectivity index (χ2v) is 6.75. The van der Waals surface area contributed by atoms with Crippen LogP contribution in [-0.2, 0) is 6.54 Å². The Hall–Kier alpha value is -3.28. The second-order valence-electron chi connectivity index (χ2n) is 6.75. The number of benzene rings is 1. The number of nitrogens with zero attached hydrogens (tertiary/aromatic N) is 6. The third-order valence-electron chi connectivity index (χ3n) is 4.85. The van der Waals surface area contributed by atoms with Crippen LogP contribution in [0.1, 0.15) is 35.4 Å². The van der Waals surface area contributed by atoms with Gasteiger partial charge in [-0.25, -0.2) is 14.5 Å². The van der Waals surface area contributed by atoms with Crippen molar-refractivity contribution in [2.75, 3.05) is 0 Å². The standard InChI is InChI=1S/C20H18N6/c1-12(8-18-23-19-14(3)21-9-13(2)26(19)24-18)17-11-25-10-15-6-4-5-7-16(15)20(25)22-17/h4-9,11H,10H2,1-3H3. The van der Waals surface area contributed by atoms with E-state index in [1.54, 1.807) is 0 Å². The summed E-state index contributed by atoms with van der Waals surface area (Å²) >= 11 is 0. The second kappa shape index (κ2) is 5.36. The van der Waals surface area contributed by atoms with Gasteiger partial charge in [0.1, 0.15) is 5.82 Å². The third-order valence-corrected chi connectivity index (χ3v) is 4.85. The van der Waals surface area contributed by atoms with Gasteiger partial charge in [0.25, 0.3) is 0 Å². The molecule has 0 saturated heterocycles. The minimum absolute atomic E-state index is 0.676. The van der Waals surface area contributed by atoms with E-state index in [1.165, 1.54) is 11.1 Å². The highest BCUT2D eigenvalue weighted by Gasteiger charge is 2.20. The Morgan fingerprint density at radius 3 is 2.85 bits per heavy atom. The third kappa shape index (κ3) is 2.19. The lowest BCUT2D eigenvalue weighted by Gasteiger charge is -1.98. The molecule has 0 atom stereocenters. The van der Waals surface area contributed by atoms with Crippen molar-refractivity contribution in [1.82, 2.24) is 29.1 Å². The van der Waals surface area contributed by atoms with Crippen molar-refractivity contribution in [3.05, 3.63) is 65.1 Å². The quantitative estimate of drug-likeness (QED) is 0.492. The lowest BCUT2D eigenvalue weighted by atomic mass is 10.1. The molecule has 6 heteroatoms. The van der Waals surface area contributed by atoms with Gasteiger partial charge in [0.2, 0.25) is 0 Å². The zero-order valence-electron chi connectivity index (χ0n) is 14.9. The average Bonchev–Trinajstić information content (AvgIpc) is 3.30. The molecule has 128 valence electrons. The van der Waals surface area contributed by atoms with Crippen molar-refractivity contribution in [1.29, 1.82) is 0 Å². The van der Waals surface area contributed by atoms with Crippen LogP contribution in [-0.4, -0.2) is 29.1 Å². The molecule has 0 saturated carbocycles. The van der Waals surface area contributed by atoms with Gasteiger partial charge in [-0.3, -0.25) is 4.98 Å². The smallest absolute Gasteiger partial charge is 0.177 e. The summed E-state index contributed by atoms with van der Waals surface area (Å²) in [6.45, 7) is 6.85. The van der Waals surface area contributed by atoms with E-state index < -0.39 is 0 Å². The minimum atomic E-state index is 0.676. The fourth-order valence-corrected chi connectivity index (χ4v) is 3.44. The first-order valence-electron chi connectivity index (χ1n) is 8.63. The van der Waals surface area contributed by atoms with E-state index in [0.717, 1.165) is 40.7 Å². The summed E-state index contributed by atoms with van der Waals surface area (Å²) in [5.41, 5.74) is 7.18. The van der Waals surface area contributed by atoms with Gasteiger partial charge in [-0.2, -0.15) is 0 Å². The molecule has 5 rings (SSSR count). The van der Waals surface area contributed by atoms with Gasteiger partial charge in [0.05, 0.1) is 17.1 Å². The number of allylic oxidation sites excluding steroid dienone is 1. The molecule has 0 aliphatic carbocycles. The lowest BCUT2D eigenvalue weighted by molar-refractivity contribution is 0.847. The van der Waals surface area contributed by atoms with Crippen LogP contribution in [0.5, 0.6) is 0 Å². The van der Waals surface area contributed by atoms with Gasteiger partial charge in [-0.15, -0.1) is 5.10 Å². The maximum atomic E-state index is 4.84. The molecule has 0 unspecified atom stereocenters. The first-order chi connectivity index (χ1) is 12.6. The molecular weight excluding hydrogens is 324 g/mol. The molecular formula is C20H18N6. The first kappa shape index (κ1) is 15.0. The Labute approximate surface area is 150 Å². The molecule has 4 heterocycles. The van der Waals surface area contributed by atoms with Crippen molar-refractivity contribution in [2.24, 2.45) is 0 Å². The predicted molar refractivity (Wildman–Crippen MR) is 101 cm³/mol. The molecule has 0 bridgehead atoms. The monoisotopic (exact) mass is 342 g/mol. The fourth-order valence-electron chi connectivity index (χ4n) is 3.44. The Balaban J connectivity index is 1.55. The van der Waals surface area contributed by atoms with Crippen LogP contribution in [0.3, 0.4) is 0 Å². The molecule has 3 aromatic heterocycles. The molecule has 1 aliphatic rings. The minimum Gasteiger partial charge on any atom is -0.326 e. The number of fused-ring (bicyclic) bond motifs is 4. The van der Waals surface area contributed by atoms with Crippen molar-refractivity contribution < 1.29 is 0 Å². The van der Waals surface area contributed by atoms with Crippen molar-refractivity contribution >= 4 is 17.3 Å². The maximum absolute atomic E-state index is 4.84. The summed E-state index contributed by atoms with van der Waals surface area (Å²) in [4.78, 5) is 13.8. The zero-order chi connectivity index (χ0) is 17.8. The Bertz CT molecular complexity index is 1160. The number of imidazole rings is 1. The average molecular weight is 342 g/mol. The maximum Gasteiger partial charge on any atom is 0.177 e. The van der Waals surface area contributed by atoms with E-state index in [2.05, 4.69) is 50.1 Å². The number of aromatic nitrogens is 6. The van der Waals surface area contributed by atoms with Gasteiger partial charge < -0.3 is 4.57 Å². The summed E-state index contributed by atoms with van der Waals surface area (Å²) < 4.78 is 4.04. The molecule has 0 N–H and O–H groups in total. The molecule has 26 heavy (non-hydrogen) atoms. The molecule has 0 radical (unpaired) electrons. The number of hydrogen-bond acceptors (Lipinski definition) is 4. The van der Waals surface area contributed by atoms with Gasteiger partial charge in [0.15, 0.2) is 11.5 Å². The van der Waals surface area contributed by atoms with E-state index >= 15 is 0 Å². The number of aryl methyl sites for hydroxylation is 2. The molecule has 0 amide bonds. The molecule has 1 aliphatic heterocycles. The summed E-state index contributed by atoms with van der Waals surface area (Å²) in [6.07, 6.45) is 5.90. The van der Waals surface area contributed by atoms with Crippen LogP contribution in [0.2, 0.25) is 0 Å². The topological polar surface area (TPSA) is 60.9 Å². The predicted octanol–water partition coefficient (Wildman–Crippen LogP) is 3.53. The molecule has 6 nitrogen and oxygen atoms in total. The van der Waals surface area contributed by atoms with E-state index in [1.807, 2.05) is 37.6 Å². The highest BCUT2D eigenvalue weighted by atomic mass is 15.3. The van der Waals surface area contributed by atoms with E-state index in [4.69, 9.17) is 4.98 Å². The van der Waals surface area contributed by atoms with Gasteiger partial charge >= 0.3 is 0 Å². The van der Waals surface area contributed by atoms with Crippen LogP contribution < -0.4 is 0 Å².